The van der Waals surface area contributed by atoms with Gasteiger partial charge in [-0.05, 0) is 0 Å². The van der Waals surface area contributed by atoms with Gasteiger partial charge in [-0.25, -0.2) is 5.84 Å². The third-order valence-corrected chi connectivity index (χ3v) is 2.84. The molecular weight excluding hydrogens is 234 g/mol. The van der Waals surface area contributed by atoms with Gasteiger partial charge in [0.2, 0.25) is 5.95 Å². The van der Waals surface area contributed by atoms with Gasteiger partial charge in [-0.3, -0.25) is 0 Å². The van der Waals surface area contributed by atoms with Gasteiger partial charge < -0.3 is 20.6 Å². The predicted molar refractivity (Wildman–Crippen MR) is 65.3 cm³/mol. The fourth-order valence-corrected chi connectivity index (χ4v) is 1.95. The lowest BCUT2D eigenvalue weighted by molar-refractivity contribution is 0.556. The van der Waals surface area contributed by atoms with E-state index in [1.165, 1.54) is 0 Å². The second-order valence-corrected chi connectivity index (χ2v) is 3.98. The first-order chi connectivity index (χ1) is 8.76. The highest BCUT2D eigenvalue weighted by atomic mass is 15.3. The van der Waals surface area contributed by atoms with Crippen LogP contribution in [0, 0.1) is 0 Å². The van der Waals surface area contributed by atoms with Gasteiger partial charge in [-0.1, -0.05) is 0 Å². The van der Waals surface area contributed by atoms with E-state index in [1.54, 1.807) is 12.4 Å². The first kappa shape index (κ1) is 10.7. The zero-order valence-corrected chi connectivity index (χ0v) is 9.61. The van der Waals surface area contributed by atoms with Crippen molar-refractivity contribution in [1.29, 1.82) is 0 Å². The first-order valence-corrected chi connectivity index (χ1v) is 5.49. The highest BCUT2D eigenvalue weighted by Crippen LogP contribution is 2.20. The van der Waals surface area contributed by atoms with Gasteiger partial charge >= 0.3 is 0 Å². The molecule has 0 unspecified atom stereocenters. The summed E-state index contributed by atoms with van der Waals surface area (Å²) < 4.78 is 2.02. The molecule has 3 heterocycles. The Bertz CT molecular complexity index is 563. The average Bonchev–Trinajstić information content (AvgIpc) is 2.85. The van der Waals surface area contributed by atoms with E-state index < -0.39 is 0 Å². The molecule has 18 heavy (non-hydrogen) atoms. The predicted octanol–water partition coefficient (Wildman–Crippen LogP) is -1.04. The molecule has 0 bridgehead atoms. The Morgan fingerprint density at radius 2 is 2.17 bits per heavy atom. The number of rotatable bonds is 2. The summed E-state index contributed by atoms with van der Waals surface area (Å²) in [4.78, 5) is 10.2. The molecule has 3 rings (SSSR count). The first-order valence-electron chi connectivity index (χ1n) is 5.49. The number of hydrogen-bond acceptors (Lipinski definition) is 8. The highest BCUT2D eigenvalue weighted by molar-refractivity contribution is 5.52. The molecule has 9 nitrogen and oxygen atoms in total. The van der Waals surface area contributed by atoms with E-state index in [2.05, 4.69) is 30.5 Å². The lowest BCUT2D eigenvalue weighted by Crippen LogP contribution is -2.34. The van der Waals surface area contributed by atoms with Crippen LogP contribution >= 0.6 is 0 Å². The average molecular weight is 247 g/mol. The van der Waals surface area contributed by atoms with Crippen molar-refractivity contribution in [2.75, 3.05) is 22.6 Å². The van der Waals surface area contributed by atoms with Crippen LogP contribution in [0.15, 0.2) is 12.4 Å². The number of hydrazine groups is 1. The van der Waals surface area contributed by atoms with Crippen molar-refractivity contribution in [3.63, 3.8) is 0 Å². The van der Waals surface area contributed by atoms with Crippen molar-refractivity contribution in [1.82, 2.24) is 24.7 Å². The Kier molecular flexibility index (Phi) is 2.45. The van der Waals surface area contributed by atoms with Crippen molar-refractivity contribution in [2.24, 2.45) is 5.84 Å². The van der Waals surface area contributed by atoms with Gasteiger partial charge in [-0.2, -0.15) is 9.97 Å². The molecule has 0 atom stereocenters. The molecule has 0 radical (unpaired) electrons. The van der Waals surface area contributed by atoms with Crippen LogP contribution < -0.4 is 21.9 Å². The fraction of sp³-hybridized carbons (Fsp3) is 0.333. The number of fused-ring (bicyclic) bond motifs is 1. The second kappa shape index (κ2) is 4.11. The van der Waals surface area contributed by atoms with Gasteiger partial charge in [-0.15, -0.1) is 10.2 Å². The lowest BCUT2D eigenvalue weighted by Gasteiger charge is -2.28. The number of aromatic nitrogens is 5. The number of nitrogens with two attached hydrogens (primary N) is 2. The maximum absolute atomic E-state index is 5.64. The Hall–Kier alpha value is -2.42. The summed E-state index contributed by atoms with van der Waals surface area (Å²) in [5, 5.41) is 7.93. The molecule has 0 aromatic carbocycles. The fourth-order valence-electron chi connectivity index (χ4n) is 1.95. The van der Waals surface area contributed by atoms with Gasteiger partial charge in [0.05, 0.1) is 6.54 Å². The molecule has 1 aliphatic heterocycles. The Balaban J connectivity index is 1.90. The van der Waals surface area contributed by atoms with Crippen LogP contribution in [0.3, 0.4) is 0 Å². The second-order valence-electron chi connectivity index (χ2n) is 3.98. The van der Waals surface area contributed by atoms with E-state index in [9.17, 15) is 0 Å². The molecule has 0 saturated carbocycles. The van der Waals surface area contributed by atoms with E-state index in [-0.39, 0.29) is 5.95 Å². The SMILES string of the molecule is NNc1cc(N2CCn3cnnc3C2)nc(N)n1. The van der Waals surface area contributed by atoms with Crippen molar-refractivity contribution in [2.45, 2.75) is 13.1 Å². The van der Waals surface area contributed by atoms with E-state index >= 15 is 0 Å². The Morgan fingerprint density at radius 3 is 3.00 bits per heavy atom. The number of nitrogen functional groups attached to an aromatic ring is 2. The van der Waals surface area contributed by atoms with Crippen molar-refractivity contribution in [3.8, 4) is 0 Å². The minimum absolute atomic E-state index is 0.187. The van der Waals surface area contributed by atoms with E-state index in [0.29, 0.717) is 12.4 Å². The molecule has 1 aliphatic rings. The topological polar surface area (TPSA) is 124 Å². The Labute approximate surface area is 103 Å². The van der Waals surface area contributed by atoms with Crippen LogP contribution in [0.5, 0.6) is 0 Å². The zero-order chi connectivity index (χ0) is 12.5. The molecule has 0 fully saturated rings. The van der Waals surface area contributed by atoms with Crippen molar-refractivity contribution < 1.29 is 0 Å². The minimum atomic E-state index is 0.187. The summed E-state index contributed by atoms with van der Waals surface area (Å²) in [5.74, 6) is 7.64. The number of nitrogens with one attached hydrogen (secondary N) is 1. The summed E-state index contributed by atoms with van der Waals surface area (Å²) in [6.45, 7) is 2.27. The monoisotopic (exact) mass is 247 g/mol. The van der Waals surface area contributed by atoms with Crippen LogP contribution in [0.1, 0.15) is 5.82 Å². The summed E-state index contributed by atoms with van der Waals surface area (Å²) in [7, 11) is 0. The van der Waals surface area contributed by atoms with Gasteiger partial charge in [0.15, 0.2) is 5.82 Å². The molecule has 5 N–H and O–H groups in total. The van der Waals surface area contributed by atoms with E-state index in [1.807, 2.05) is 4.57 Å². The Morgan fingerprint density at radius 1 is 1.28 bits per heavy atom. The molecule has 94 valence electrons. The van der Waals surface area contributed by atoms with Crippen LogP contribution in [0.4, 0.5) is 17.6 Å². The molecule has 0 spiro atoms. The third kappa shape index (κ3) is 1.80. The minimum Gasteiger partial charge on any atom is -0.368 e. The van der Waals surface area contributed by atoms with Crippen LogP contribution in [-0.2, 0) is 13.1 Å². The third-order valence-electron chi connectivity index (χ3n) is 2.84. The molecule has 0 amide bonds. The normalized spacial score (nSPS) is 14.4. The van der Waals surface area contributed by atoms with E-state index in [0.717, 1.165) is 24.7 Å². The number of nitrogens with zero attached hydrogens (tertiary/aromatic N) is 6. The maximum Gasteiger partial charge on any atom is 0.223 e. The molecular formula is C9H13N9. The smallest absolute Gasteiger partial charge is 0.223 e. The molecule has 9 heteroatoms. The molecule has 2 aromatic rings. The van der Waals surface area contributed by atoms with Gasteiger partial charge in [0, 0.05) is 19.2 Å². The summed E-state index contributed by atoms with van der Waals surface area (Å²) in [5.41, 5.74) is 8.11. The quantitative estimate of drug-likeness (QED) is 0.454. The van der Waals surface area contributed by atoms with Gasteiger partial charge in [0.25, 0.3) is 0 Å². The zero-order valence-electron chi connectivity index (χ0n) is 9.61. The lowest BCUT2D eigenvalue weighted by atomic mass is 10.3. The van der Waals surface area contributed by atoms with Crippen molar-refractivity contribution >= 4 is 17.6 Å². The number of anilines is 3. The van der Waals surface area contributed by atoms with E-state index in [4.69, 9.17) is 11.6 Å². The summed E-state index contributed by atoms with van der Waals surface area (Å²) >= 11 is 0. The molecule has 0 saturated heterocycles. The van der Waals surface area contributed by atoms with Crippen LogP contribution in [0.25, 0.3) is 0 Å². The van der Waals surface area contributed by atoms with Crippen molar-refractivity contribution in [3.05, 3.63) is 18.2 Å². The van der Waals surface area contributed by atoms with Gasteiger partial charge in [0.1, 0.15) is 18.0 Å². The summed E-state index contributed by atoms with van der Waals surface area (Å²) in [6.07, 6.45) is 1.73. The summed E-state index contributed by atoms with van der Waals surface area (Å²) in [6, 6.07) is 1.75. The highest BCUT2D eigenvalue weighted by Gasteiger charge is 2.19. The largest absolute Gasteiger partial charge is 0.368 e. The standard InChI is InChI=1S/C9H13N9/c10-9-13-6(15-11)3-7(14-9)17-1-2-18-5-12-16-8(18)4-17/h3,5H,1-2,4,11H2,(H3,10,13,14,15). The molecule has 2 aromatic heterocycles. The van der Waals surface area contributed by atoms with Crippen LogP contribution in [0.2, 0.25) is 0 Å². The number of hydrogen-bond donors (Lipinski definition) is 3. The molecule has 0 aliphatic carbocycles. The maximum atomic E-state index is 5.64. The van der Waals surface area contributed by atoms with Crippen LogP contribution in [-0.4, -0.2) is 31.3 Å².